The van der Waals surface area contributed by atoms with Crippen LogP contribution in [0.5, 0.6) is 0 Å². The van der Waals surface area contributed by atoms with Crippen LogP contribution >= 0.6 is 12.2 Å². The number of aliphatic hydroxyl groups excluding tert-OH is 1. The molecule has 0 spiro atoms. The van der Waals surface area contributed by atoms with E-state index in [1.165, 1.54) is 0 Å². The summed E-state index contributed by atoms with van der Waals surface area (Å²) >= 11 is 5.51. The van der Waals surface area contributed by atoms with E-state index >= 15 is 0 Å². The SMILES string of the molecule is O=[N+]([O-])c1ccc2c(c1)N(Cn1nc(CO)n(C3CC3)c1=S)CC2. The highest BCUT2D eigenvalue weighted by molar-refractivity contribution is 7.71. The van der Waals surface area contributed by atoms with Crippen LogP contribution in [0.15, 0.2) is 18.2 Å². The van der Waals surface area contributed by atoms with E-state index in [4.69, 9.17) is 12.2 Å². The molecule has 1 saturated carbocycles. The highest BCUT2D eigenvalue weighted by Crippen LogP contribution is 2.36. The Morgan fingerprint density at radius 3 is 2.88 bits per heavy atom. The number of non-ortho nitro benzene ring substituents is 1. The Bertz CT molecular complexity index is 870. The van der Waals surface area contributed by atoms with Gasteiger partial charge in [-0.1, -0.05) is 6.07 Å². The topological polar surface area (TPSA) is 89.4 Å². The lowest BCUT2D eigenvalue weighted by molar-refractivity contribution is -0.384. The smallest absolute Gasteiger partial charge is 0.271 e. The van der Waals surface area contributed by atoms with Crippen LogP contribution in [0, 0.1) is 14.9 Å². The Hall–Kier alpha value is -2.26. The van der Waals surface area contributed by atoms with Crippen molar-refractivity contribution in [3.05, 3.63) is 44.5 Å². The van der Waals surface area contributed by atoms with Gasteiger partial charge < -0.3 is 10.0 Å². The summed E-state index contributed by atoms with van der Waals surface area (Å²) in [6.45, 7) is 1.05. The number of benzene rings is 1. The molecule has 1 fully saturated rings. The number of nitro groups is 1. The monoisotopic (exact) mass is 347 g/mol. The van der Waals surface area contributed by atoms with Crippen LogP contribution in [-0.4, -0.2) is 30.9 Å². The molecule has 126 valence electrons. The highest BCUT2D eigenvalue weighted by Gasteiger charge is 2.29. The van der Waals surface area contributed by atoms with E-state index in [0.717, 1.165) is 37.1 Å². The third-order valence-corrected chi connectivity index (χ3v) is 4.98. The van der Waals surface area contributed by atoms with Gasteiger partial charge in [0.1, 0.15) is 13.3 Å². The lowest BCUT2D eigenvalue weighted by Crippen LogP contribution is -2.25. The second-order valence-electron chi connectivity index (χ2n) is 6.18. The van der Waals surface area contributed by atoms with Gasteiger partial charge in [-0.15, -0.1) is 0 Å². The van der Waals surface area contributed by atoms with Gasteiger partial charge in [0.05, 0.1) is 4.92 Å². The van der Waals surface area contributed by atoms with E-state index in [2.05, 4.69) is 5.10 Å². The van der Waals surface area contributed by atoms with Crippen molar-refractivity contribution in [3.63, 3.8) is 0 Å². The Kier molecular flexibility index (Phi) is 3.61. The maximum Gasteiger partial charge on any atom is 0.271 e. The number of hydrogen-bond donors (Lipinski definition) is 1. The predicted octanol–water partition coefficient (Wildman–Crippen LogP) is 2.17. The number of nitrogens with zero attached hydrogens (tertiary/aromatic N) is 5. The van der Waals surface area contributed by atoms with Crippen molar-refractivity contribution in [1.29, 1.82) is 0 Å². The molecule has 24 heavy (non-hydrogen) atoms. The first-order valence-electron chi connectivity index (χ1n) is 7.90. The number of hydrogen-bond acceptors (Lipinski definition) is 6. The summed E-state index contributed by atoms with van der Waals surface area (Å²) in [5.41, 5.74) is 2.04. The first kappa shape index (κ1) is 15.3. The van der Waals surface area contributed by atoms with Crippen LogP contribution in [0.4, 0.5) is 11.4 Å². The zero-order valence-electron chi connectivity index (χ0n) is 13.0. The Morgan fingerprint density at radius 1 is 1.42 bits per heavy atom. The Labute approximate surface area is 143 Å². The molecule has 0 unspecified atom stereocenters. The first-order valence-corrected chi connectivity index (χ1v) is 8.30. The van der Waals surface area contributed by atoms with Crippen molar-refractivity contribution < 1.29 is 10.0 Å². The molecule has 1 N–H and O–H groups in total. The van der Waals surface area contributed by atoms with Crippen molar-refractivity contribution in [2.75, 3.05) is 11.4 Å². The van der Waals surface area contributed by atoms with Gasteiger partial charge in [0, 0.05) is 30.4 Å². The van der Waals surface area contributed by atoms with E-state index in [1.807, 2.05) is 15.5 Å². The number of anilines is 1. The largest absolute Gasteiger partial charge is 0.388 e. The maximum absolute atomic E-state index is 11.0. The van der Waals surface area contributed by atoms with Crippen molar-refractivity contribution in [3.8, 4) is 0 Å². The molecule has 1 aliphatic heterocycles. The van der Waals surface area contributed by atoms with Crippen LogP contribution in [0.25, 0.3) is 0 Å². The molecule has 0 atom stereocenters. The quantitative estimate of drug-likeness (QED) is 0.506. The number of nitro benzene ring substituents is 1. The number of aliphatic hydroxyl groups is 1. The van der Waals surface area contributed by atoms with E-state index in [-0.39, 0.29) is 17.2 Å². The first-order chi connectivity index (χ1) is 11.6. The minimum Gasteiger partial charge on any atom is -0.388 e. The zero-order chi connectivity index (χ0) is 16.8. The summed E-state index contributed by atoms with van der Waals surface area (Å²) in [6.07, 6.45) is 2.97. The fourth-order valence-corrected chi connectivity index (χ4v) is 3.57. The van der Waals surface area contributed by atoms with Crippen LogP contribution in [0.1, 0.15) is 30.3 Å². The van der Waals surface area contributed by atoms with Gasteiger partial charge in [-0.2, -0.15) is 5.10 Å². The van der Waals surface area contributed by atoms with Crippen molar-refractivity contribution in [1.82, 2.24) is 14.3 Å². The second kappa shape index (κ2) is 5.67. The number of aromatic nitrogens is 3. The van der Waals surface area contributed by atoms with Gasteiger partial charge in [0.25, 0.3) is 5.69 Å². The molecule has 4 rings (SSSR count). The van der Waals surface area contributed by atoms with E-state index < -0.39 is 0 Å². The van der Waals surface area contributed by atoms with Crippen molar-refractivity contribution in [2.45, 2.75) is 38.6 Å². The summed E-state index contributed by atoms with van der Waals surface area (Å²) in [4.78, 5) is 12.7. The van der Waals surface area contributed by atoms with Gasteiger partial charge in [0.2, 0.25) is 0 Å². The molecular formula is C15H17N5O3S. The summed E-state index contributed by atoms with van der Waals surface area (Å²) in [5.74, 6) is 0.584. The molecule has 1 aromatic heterocycles. The Balaban J connectivity index is 1.65. The lowest BCUT2D eigenvalue weighted by atomic mass is 10.1. The van der Waals surface area contributed by atoms with E-state index in [0.29, 0.717) is 23.3 Å². The normalized spacial score (nSPS) is 16.5. The number of fused-ring (bicyclic) bond motifs is 1. The molecule has 1 aromatic carbocycles. The lowest BCUT2D eigenvalue weighted by Gasteiger charge is -2.18. The van der Waals surface area contributed by atoms with Crippen molar-refractivity contribution >= 4 is 23.6 Å². The molecule has 2 aromatic rings. The van der Waals surface area contributed by atoms with Gasteiger partial charge in [-0.05, 0) is 37.0 Å². The standard InChI is InChI=1S/C15H17N5O3S/c21-8-14-16-18(15(24)19(14)11-3-4-11)9-17-6-5-10-1-2-12(20(22)23)7-13(10)17/h1-2,7,11,21H,3-6,8-9H2. The molecule has 0 bridgehead atoms. The van der Waals surface area contributed by atoms with Gasteiger partial charge in [0.15, 0.2) is 10.6 Å². The minimum atomic E-state index is -0.381. The van der Waals surface area contributed by atoms with E-state index in [1.54, 1.807) is 16.8 Å². The third-order valence-electron chi connectivity index (χ3n) is 4.57. The molecular weight excluding hydrogens is 330 g/mol. The summed E-state index contributed by atoms with van der Waals surface area (Å²) < 4.78 is 4.23. The average Bonchev–Trinajstić information content (AvgIpc) is 3.26. The molecule has 9 heteroatoms. The average molecular weight is 347 g/mol. The predicted molar refractivity (Wildman–Crippen MR) is 89.4 cm³/mol. The van der Waals surface area contributed by atoms with Crippen molar-refractivity contribution in [2.24, 2.45) is 0 Å². The zero-order valence-corrected chi connectivity index (χ0v) is 13.8. The molecule has 1 aliphatic carbocycles. The summed E-state index contributed by atoms with van der Waals surface area (Å²) in [6, 6.07) is 5.31. The van der Waals surface area contributed by atoms with Crippen LogP contribution in [0.3, 0.4) is 0 Å². The van der Waals surface area contributed by atoms with Crippen LogP contribution in [0.2, 0.25) is 0 Å². The molecule has 8 nitrogen and oxygen atoms in total. The van der Waals surface area contributed by atoms with Gasteiger partial charge in [-0.25, -0.2) is 4.68 Å². The van der Waals surface area contributed by atoms with Gasteiger partial charge in [-0.3, -0.25) is 14.7 Å². The molecule has 2 heterocycles. The summed E-state index contributed by atoms with van der Waals surface area (Å²) in [7, 11) is 0. The molecule has 0 amide bonds. The fraction of sp³-hybridized carbons (Fsp3) is 0.467. The third kappa shape index (κ3) is 2.49. The Morgan fingerprint density at radius 2 is 2.21 bits per heavy atom. The molecule has 0 radical (unpaired) electrons. The van der Waals surface area contributed by atoms with Crippen LogP contribution in [-0.2, 0) is 19.7 Å². The highest BCUT2D eigenvalue weighted by atomic mass is 32.1. The molecule has 0 saturated heterocycles. The van der Waals surface area contributed by atoms with E-state index in [9.17, 15) is 15.2 Å². The maximum atomic E-state index is 11.0. The second-order valence-corrected chi connectivity index (χ2v) is 6.55. The summed E-state index contributed by atoms with van der Waals surface area (Å²) in [5, 5.41) is 25.0. The number of rotatable bonds is 5. The van der Waals surface area contributed by atoms with Gasteiger partial charge >= 0.3 is 0 Å². The van der Waals surface area contributed by atoms with Crippen LogP contribution < -0.4 is 4.90 Å². The fourth-order valence-electron chi connectivity index (χ4n) is 3.22. The minimum absolute atomic E-state index is 0.0869. The molecule has 2 aliphatic rings.